The second-order valence-corrected chi connectivity index (χ2v) is 4.74. The Balaban J connectivity index is 1.98. The van der Waals surface area contributed by atoms with Crippen LogP contribution < -0.4 is 5.32 Å². The third kappa shape index (κ3) is 4.03. The summed E-state index contributed by atoms with van der Waals surface area (Å²) in [5.41, 5.74) is 0.0130. The molecule has 0 aromatic heterocycles. The molecule has 0 saturated carbocycles. The molecule has 120 valence electrons. The van der Waals surface area contributed by atoms with Gasteiger partial charge in [-0.3, -0.25) is 4.79 Å². The zero-order chi connectivity index (χ0) is 17.0. The molecule has 0 bridgehead atoms. The lowest BCUT2D eigenvalue weighted by Crippen LogP contribution is -2.22. The summed E-state index contributed by atoms with van der Waals surface area (Å²) in [4.78, 5) is 23.4. The summed E-state index contributed by atoms with van der Waals surface area (Å²) in [6.45, 7) is 0.977. The van der Waals surface area contributed by atoms with Crippen LogP contribution >= 0.6 is 0 Å². The number of aromatic hydroxyl groups is 1. The number of benzene rings is 2. The standard InChI is InChI=1S/C16H13F2NO4/c1-9-5-6-10(13(20)7-9)16(22)23-8-14(21)19-15-11(17)3-2-4-12(15)18/h2-7,20H,8H2,1H3,(H,19,21). The number of rotatable bonds is 4. The number of anilines is 1. The topological polar surface area (TPSA) is 75.6 Å². The van der Waals surface area contributed by atoms with Gasteiger partial charge in [0.1, 0.15) is 28.6 Å². The second-order valence-electron chi connectivity index (χ2n) is 4.74. The third-order valence-corrected chi connectivity index (χ3v) is 2.93. The molecule has 0 aliphatic heterocycles. The average Bonchev–Trinajstić information content (AvgIpc) is 2.49. The molecular weight excluding hydrogens is 308 g/mol. The summed E-state index contributed by atoms with van der Waals surface area (Å²) in [6.07, 6.45) is 0. The number of ether oxygens (including phenoxy) is 1. The minimum absolute atomic E-state index is 0.111. The molecule has 2 aromatic rings. The summed E-state index contributed by atoms with van der Waals surface area (Å²) < 4.78 is 31.4. The number of phenols is 1. The number of halogens is 2. The van der Waals surface area contributed by atoms with Crippen molar-refractivity contribution < 1.29 is 28.2 Å². The Morgan fingerprint density at radius 2 is 1.83 bits per heavy atom. The first kappa shape index (κ1) is 16.4. The zero-order valence-electron chi connectivity index (χ0n) is 12.1. The summed E-state index contributed by atoms with van der Waals surface area (Å²) in [6, 6.07) is 7.42. The van der Waals surface area contributed by atoms with E-state index >= 15 is 0 Å². The van der Waals surface area contributed by atoms with Gasteiger partial charge >= 0.3 is 5.97 Å². The van der Waals surface area contributed by atoms with Gasteiger partial charge in [0.25, 0.3) is 5.91 Å². The number of esters is 1. The van der Waals surface area contributed by atoms with Gasteiger partial charge in [-0.15, -0.1) is 0 Å². The minimum Gasteiger partial charge on any atom is -0.507 e. The zero-order valence-corrected chi connectivity index (χ0v) is 12.1. The normalized spacial score (nSPS) is 10.2. The van der Waals surface area contributed by atoms with Gasteiger partial charge in [-0.1, -0.05) is 12.1 Å². The molecule has 2 aromatic carbocycles. The van der Waals surface area contributed by atoms with E-state index in [4.69, 9.17) is 4.74 Å². The summed E-state index contributed by atoms with van der Waals surface area (Å²) >= 11 is 0. The number of para-hydroxylation sites is 1. The highest BCUT2D eigenvalue weighted by atomic mass is 19.1. The molecule has 7 heteroatoms. The van der Waals surface area contributed by atoms with Gasteiger partial charge in [-0.05, 0) is 36.8 Å². The predicted octanol–water partition coefficient (Wildman–Crippen LogP) is 2.77. The first-order chi connectivity index (χ1) is 10.9. The van der Waals surface area contributed by atoms with Crippen LogP contribution in [0, 0.1) is 18.6 Å². The largest absolute Gasteiger partial charge is 0.507 e. The quantitative estimate of drug-likeness (QED) is 0.849. The smallest absolute Gasteiger partial charge is 0.342 e. The first-order valence-corrected chi connectivity index (χ1v) is 6.59. The van der Waals surface area contributed by atoms with Crippen molar-refractivity contribution in [1.82, 2.24) is 0 Å². The Morgan fingerprint density at radius 1 is 1.17 bits per heavy atom. The fraction of sp³-hybridized carbons (Fsp3) is 0.125. The molecule has 0 heterocycles. The van der Waals surface area contributed by atoms with Gasteiger partial charge in [0.2, 0.25) is 0 Å². The van der Waals surface area contributed by atoms with E-state index in [1.54, 1.807) is 13.0 Å². The summed E-state index contributed by atoms with van der Waals surface area (Å²) in [5, 5.41) is 11.6. The molecule has 0 saturated heterocycles. The average molecular weight is 321 g/mol. The molecule has 0 radical (unpaired) electrons. The number of amides is 1. The Hall–Kier alpha value is -2.96. The molecular formula is C16H13F2NO4. The second kappa shape index (κ2) is 6.87. The molecule has 2 N–H and O–H groups in total. The van der Waals surface area contributed by atoms with Gasteiger partial charge in [0.15, 0.2) is 6.61 Å². The summed E-state index contributed by atoms with van der Waals surface area (Å²) in [7, 11) is 0. The molecule has 2 rings (SSSR count). The highest BCUT2D eigenvalue weighted by Crippen LogP contribution is 2.20. The first-order valence-electron chi connectivity index (χ1n) is 6.59. The van der Waals surface area contributed by atoms with Crippen LogP contribution in [-0.2, 0) is 9.53 Å². The Labute approximate surface area is 130 Å². The van der Waals surface area contributed by atoms with Crippen molar-refractivity contribution in [3.63, 3.8) is 0 Å². The van der Waals surface area contributed by atoms with Crippen molar-refractivity contribution in [1.29, 1.82) is 0 Å². The van der Waals surface area contributed by atoms with E-state index in [1.165, 1.54) is 12.1 Å². The number of carbonyl (C=O) groups excluding carboxylic acids is 2. The molecule has 0 aliphatic carbocycles. The van der Waals surface area contributed by atoms with Crippen LogP contribution in [-0.4, -0.2) is 23.6 Å². The van der Waals surface area contributed by atoms with Crippen LogP contribution in [0.15, 0.2) is 36.4 Å². The van der Waals surface area contributed by atoms with Crippen LogP contribution in [0.2, 0.25) is 0 Å². The van der Waals surface area contributed by atoms with Crippen LogP contribution in [0.3, 0.4) is 0 Å². The Bertz CT molecular complexity index is 741. The number of carbonyl (C=O) groups is 2. The van der Waals surface area contributed by atoms with Gasteiger partial charge in [-0.25, -0.2) is 13.6 Å². The molecule has 0 spiro atoms. The lowest BCUT2D eigenvalue weighted by Gasteiger charge is -2.09. The van der Waals surface area contributed by atoms with Gasteiger partial charge in [-0.2, -0.15) is 0 Å². The molecule has 0 fully saturated rings. The van der Waals surface area contributed by atoms with Crippen molar-refractivity contribution in [3.8, 4) is 5.75 Å². The fourth-order valence-corrected chi connectivity index (χ4v) is 1.82. The third-order valence-electron chi connectivity index (χ3n) is 2.93. The maximum Gasteiger partial charge on any atom is 0.342 e. The maximum atomic E-state index is 13.4. The van der Waals surface area contributed by atoms with Crippen molar-refractivity contribution in [2.45, 2.75) is 6.92 Å². The molecule has 0 atom stereocenters. The van der Waals surface area contributed by atoms with Crippen LogP contribution in [0.4, 0.5) is 14.5 Å². The molecule has 0 aliphatic rings. The van der Waals surface area contributed by atoms with Crippen molar-refractivity contribution in [3.05, 3.63) is 59.2 Å². The molecule has 0 unspecified atom stereocenters. The van der Waals surface area contributed by atoms with Crippen molar-refractivity contribution in [2.75, 3.05) is 11.9 Å². The SMILES string of the molecule is Cc1ccc(C(=O)OCC(=O)Nc2c(F)cccc2F)c(O)c1. The number of nitrogens with one attached hydrogen (secondary N) is 1. The minimum atomic E-state index is -0.944. The number of aryl methyl sites for hydroxylation is 1. The van der Waals surface area contributed by atoms with E-state index in [-0.39, 0.29) is 11.3 Å². The Morgan fingerprint density at radius 3 is 2.43 bits per heavy atom. The van der Waals surface area contributed by atoms with Gasteiger partial charge in [0.05, 0.1) is 0 Å². The summed E-state index contributed by atoms with van der Waals surface area (Å²) in [5.74, 6) is -4.00. The van der Waals surface area contributed by atoms with E-state index < -0.39 is 35.8 Å². The van der Waals surface area contributed by atoms with Gasteiger partial charge in [0, 0.05) is 0 Å². The highest BCUT2D eigenvalue weighted by Gasteiger charge is 2.16. The lowest BCUT2D eigenvalue weighted by atomic mass is 10.1. The molecule has 1 amide bonds. The lowest BCUT2D eigenvalue weighted by molar-refractivity contribution is -0.119. The van der Waals surface area contributed by atoms with Crippen molar-refractivity contribution >= 4 is 17.6 Å². The van der Waals surface area contributed by atoms with Crippen LogP contribution in [0.1, 0.15) is 15.9 Å². The highest BCUT2D eigenvalue weighted by molar-refractivity contribution is 5.96. The van der Waals surface area contributed by atoms with Crippen LogP contribution in [0.5, 0.6) is 5.75 Å². The molecule has 23 heavy (non-hydrogen) atoms. The van der Waals surface area contributed by atoms with Crippen LogP contribution in [0.25, 0.3) is 0 Å². The number of phenolic OH excluding ortho intramolecular Hbond substituents is 1. The Kier molecular flexibility index (Phi) is 4.90. The van der Waals surface area contributed by atoms with Crippen molar-refractivity contribution in [2.24, 2.45) is 0 Å². The predicted molar refractivity (Wildman–Crippen MR) is 78.1 cm³/mol. The number of hydrogen-bond acceptors (Lipinski definition) is 4. The van der Waals surface area contributed by atoms with Gasteiger partial charge < -0.3 is 15.2 Å². The maximum absolute atomic E-state index is 13.4. The van der Waals surface area contributed by atoms with E-state index in [0.717, 1.165) is 23.8 Å². The monoisotopic (exact) mass is 321 g/mol. The number of hydrogen-bond donors (Lipinski definition) is 2. The van der Waals surface area contributed by atoms with E-state index in [0.29, 0.717) is 0 Å². The molecule has 5 nitrogen and oxygen atoms in total. The van der Waals surface area contributed by atoms with E-state index in [9.17, 15) is 23.5 Å². The van der Waals surface area contributed by atoms with E-state index in [2.05, 4.69) is 0 Å². The fourth-order valence-electron chi connectivity index (χ4n) is 1.82. The van der Waals surface area contributed by atoms with E-state index in [1.807, 2.05) is 5.32 Å².